The van der Waals surface area contributed by atoms with Gasteiger partial charge >= 0.3 is 0 Å². The molecule has 23 heavy (non-hydrogen) atoms. The summed E-state index contributed by atoms with van der Waals surface area (Å²) in [6.07, 6.45) is 2.65. The van der Waals surface area contributed by atoms with Crippen molar-refractivity contribution in [2.75, 3.05) is 16.4 Å². The van der Waals surface area contributed by atoms with Gasteiger partial charge in [0.15, 0.2) is 0 Å². The number of halogens is 1. The summed E-state index contributed by atoms with van der Waals surface area (Å²) in [5.41, 5.74) is 7.25. The predicted molar refractivity (Wildman–Crippen MR) is 90.4 cm³/mol. The zero-order chi connectivity index (χ0) is 16.7. The van der Waals surface area contributed by atoms with E-state index in [1.165, 1.54) is 12.1 Å². The van der Waals surface area contributed by atoms with Gasteiger partial charge in [-0.25, -0.2) is 9.37 Å². The highest BCUT2D eigenvalue weighted by Crippen LogP contribution is 2.19. The van der Waals surface area contributed by atoms with Crippen molar-refractivity contribution in [3.63, 3.8) is 0 Å². The number of nitrogens with one attached hydrogen (secondary N) is 2. The average molecular weight is 314 g/mol. The maximum atomic E-state index is 12.8. The average Bonchev–Trinajstić information content (AvgIpc) is 2.54. The maximum Gasteiger partial charge on any atom is 0.224 e. The molecule has 0 saturated heterocycles. The highest BCUT2D eigenvalue weighted by Gasteiger charge is 2.06. The Morgan fingerprint density at radius 2 is 2.00 bits per heavy atom. The van der Waals surface area contributed by atoms with Crippen molar-refractivity contribution < 1.29 is 9.18 Å². The maximum absolute atomic E-state index is 12.8. The van der Waals surface area contributed by atoms with Crippen molar-refractivity contribution in [2.24, 2.45) is 0 Å². The second-order valence-corrected chi connectivity index (χ2v) is 4.98. The molecule has 120 valence electrons. The molecule has 0 fully saturated rings. The van der Waals surface area contributed by atoms with Gasteiger partial charge in [0.2, 0.25) is 5.91 Å². The van der Waals surface area contributed by atoms with Crippen molar-refractivity contribution in [1.82, 2.24) is 4.98 Å². The van der Waals surface area contributed by atoms with Crippen molar-refractivity contribution in [3.05, 3.63) is 60.4 Å². The molecule has 1 aromatic heterocycles. The normalized spacial score (nSPS) is 10.1. The Morgan fingerprint density at radius 3 is 2.65 bits per heavy atom. The van der Waals surface area contributed by atoms with Gasteiger partial charge in [0.25, 0.3) is 0 Å². The smallest absolute Gasteiger partial charge is 0.224 e. The Labute approximate surface area is 134 Å². The molecule has 4 N–H and O–H groups in total. The molecule has 0 aliphatic rings. The van der Waals surface area contributed by atoms with Crippen LogP contribution in [-0.2, 0) is 11.3 Å². The number of carbonyl (C=O) groups is 1. The van der Waals surface area contributed by atoms with Crippen LogP contribution in [0.15, 0.2) is 49.1 Å². The first-order chi connectivity index (χ1) is 11.1. The lowest BCUT2D eigenvalue weighted by Crippen LogP contribution is -2.13. The van der Waals surface area contributed by atoms with E-state index in [9.17, 15) is 9.18 Å². The first-order valence-electron chi connectivity index (χ1n) is 7.24. The van der Waals surface area contributed by atoms with Gasteiger partial charge in [0, 0.05) is 13.0 Å². The molecule has 0 aliphatic carbocycles. The van der Waals surface area contributed by atoms with Crippen molar-refractivity contribution in [1.29, 1.82) is 0 Å². The monoisotopic (exact) mass is 314 g/mol. The molecule has 0 saturated carbocycles. The van der Waals surface area contributed by atoms with E-state index in [4.69, 9.17) is 5.73 Å². The lowest BCUT2D eigenvalue weighted by atomic mass is 10.2. The van der Waals surface area contributed by atoms with Gasteiger partial charge in [0.05, 0.1) is 5.69 Å². The summed E-state index contributed by atoms with van der Waals surface area (Å²) in [6.45, 7) is 4.07. The van der Waals surface area contributed by atoms with E-state index in [0.717, 1.165) is 5.56 Å². The highest BCUT2D eigenvalue weighted by molar-refractivity contribution is 5.93. The first kappa shape index (κ1) is 16.5. The molecule has 1 amide bonds. The molecule has 0 bridgehead atoms. The van der Waals surface area contributed by atoms with Crippen LogP contribution in [0.3, 0.4) is 0 Å². The molecule has 2 rings (SSSR count). The number of hydrogen-bond donors (Lipinski definition) is 3. The molecule has 1 heterocycles. The second kappa shape index (κ2) is 7.93. The fraction of sp³-hybridized carbons (Fsp3) is 0.176. The lowest BCUT2D eigenvalue weighted by Gasteiger charge is -2.10. The van der Waals surface area contributed by atoms with Gasteiger partial charge in [-0.05, 0) is 36.2 Å². The molecule has 0 radical (unpaired) electrons. The number of nitrogen functional groups attached to an aromatic ring is 1. The summed E-state index contributed by atoms with van der Waals surface area (Å²) in [4.78, 5) is 15.9. The number of benzene rings is 1. The van der Waals surface area contributed by atoms with Crippen molar-refractivity contribution in [2.45, 2.75) is 19.4 Å². The highest BCUT2D eigenvalue weighted by atomic mass is 19.1. The zero-order valence-corrected chi connectivity index (χ0v) is 12.7. The van der Waals surface area contributed by atoms with Gasteiger partial charge in [-0.3, -0.25) is 4.79 Å². The Hall–Kier alpha value is -2.89. The molecule has 0 unspecified atom stereocenters. The van der Waals surface area contributed by atoms with Crippen molar-refractivity contribution >= 4 is 23.2 Å². The Morgan fingerprint density at radius 1 is 1.26 bits per heavy atom. The molecule has 5 nitrogen and oxygen atoms in total. The number of allylic oxidation sites excluding steroid dienone is 1. The number of anilines is 3. The predicted octanol–water partition coefficient (Wildman–Crippen LogP) is 3.32. The summed E-state index contributed by atoms with van der Waals surface area (Å²) in [6, 6.07) is 9.62. The minimum absolute atomic E-state index is 0.134. The standard InChI is InChI=1S/C17H19FN4O/c1-2-3-4-16(23)21-14-9-10-15(22-17(14)19)20-11-12-5-7-13(18)8-6-12/h2,5-10H,1,3-4,11H2,(H,21,23)(H3,19,20,22). The van der Waals surface area contributed by atoms with Crippen LogP contribution in [0.1, 0.15) is 18.4 Å². The number of pyridine rings is 1. The minimum Gasteiger partial charge on any atom is -0.382 e. The summed E-state index contributed by atoms with van der Waals surface area (Å²) < 4.78 is 12.8. The summed E-state index contributed by atoms with van der Waals surface area (Å²) in [5, 5.41) is 5.81. The lowest BCUT2D eigenvalue weighted by molar-refractivity contribution is -0.116. The third-order valence-electron chi connectivity index (χ3n) is 3.16. The molecule has 1 aromatic carbocycles. The van der Waals surface area contributed by atoms with Gasteiger partial charge in [-0.2, -0.15) is 0 Å². The fourth-order valence-electron chi connectivity index (χ4n) is 1.92. The van der Waals surface area contributed by atoms with Crippen molar-refractivity contribution in [3.8, 4) is 0 Å². The molecule has 0 atom stereocenters. The second-order valence-electron chi connectivity index (χ2n) is 4.98. The minimum atomic E-state index is -0.271. The fourth-order valence-corrected chi connectivity index (χ4v) is 1.92. The van der Waals surface area contributed by atoms with Crippen LogP contribution in [0, 0.1) is 5.82 Å². The van der Waals surface area contributed by atoms with Gasteiger partial charge in [-0.1, -0.05) is 18.2 Å². The van der Waals surface area contributed by atoms with E-state index in [1.807, 2.05) is 0 Å². The Bertz CT molecular complexity index is 685. The van der Waals surface area contributed by atoms with Crippen LogP contribution < -0.4 is 16.4 Å². The number of rotatable bonds is 7. The topological polar surface area (TPSA) is 80.0 Å². The molecular weight excluding hydrogens is 295 g/mol. The number of amides is 1. The molecule has 6 heteroatoms. The number of hydrogen-bond acceptors (Lipinski definition) is 4. The van der Waals surface area contributed by atoms with Gasteiger partial charge < -0.3 is 16.4 Å². The van der Waals surface area contributed by atoms with Gasteiger partial charge in [0.1, 0.15) is 17.5 Å². The van der Waals surface area contributed by atoms with E-state index in [-0.39, 0.29) is 17.5 Å². The van der Waals surface area contributed by atoms with E-state index in [1.54, 1.807) is 30.3 Å². The number of aromatic nitrogens is 1. The number of nitrogens with two attached hydrogens (primary N) is 1. The summed E-state index contributed by atoms with van der Waals surface area (Å²) >= 11 is 0. The third kappa shape index (κ3) is 5.10. The number of nitrogens with zero attached hydrogens (tertiary/aromatic N) is 1. The van der Waals surface area contributed by atoms with Crippen LogP contribution in [0.5, 0.6) is 0 Å². The van der Waals surface area contributed by atoms with Crippen LogP contribution in [0.2, 0.25) is 0 Å². The quantitative estimate of drug-likeness (QED) is 0.685. The van der Waals surface area contributed by atoms with Crippen LogP contribution >= 0.6 is 0 Å². The van der Waals surface area contributed by atoms with Gasteiger partial charge in [-0.15, -0.1) is 6.58 Å². The SMILES string of the molecule is C=CCCC(=O)Nc1ccc(NCc2ccc(F)cc2)nc1N. The van der Waals surface area contributed by atoms with Crippen LogP contribution in [-0.4, -0.2) is 10.9 Å². The summed E-state index contributed by atoms with van der Waals surface area (Å²) in [7, 11) is 0. The number of carbonyl (C=O) groups excluding carboxylic acids is 1. The molecule has 2 aromatic rings. The first-order valence-corrected chi connectivity index (χ1v) is 7.24. The van der Waals surface area contributed by atoms with Crippen LogP contribution in [0.25, 0.3) is 0 Å². The van der Waals surface area contributed by atoms with Crippen LogP contribution in [0.4, 0.5) is 21.7 Å². The van der Waals surface area contributed by atoms with E-state index in [2.05, 4.69) is 22.2 Å². The largest absolute Gasteiger partial charge is 0.382 e. The van der Waals surface area contributed by atoms with E-state index < -0.39 is 0 Å². The summed E-state index contributed by atoms with van der Waals surface area (Å²) in [5.74, 6) is 0.412. The molecule has 0 spiro atoms. The van der Waals surface area contributed by atoms with E-state index in [0.29, 0.717) is 30.9 Å². The molecule has 0 aliphatic heterocycles. The molecular formula is C17H19FN4O. The van der Waals surface area contributed by atoms with E-state index >= 15 is 0 Å². The Balaban J connectivity index is 1.94. The Kier molecular flexibility index (Phi) is 5.68. The third-order valence-corrected chi connectivity index (χ3v) is 3.16. The zero-order valence-electron chi connectivity index (χ0n) is 12.7.